The highest BCUT2D eigenvalue weighted by Gasteiger charge is 2.17. The van der Waals surface area contributed by atoms with Gasteiger partial charge in [0.2, 0.25) is 5.43 Å². The second-order valence-corrected chi connectivity index (χ2v) is 6.11. The molecule has 0 amide bonds. The van der Waals surface area contributed by atoms with E-state index in [9.17, 15) is 9.59 Å². The zero-order valence-corrected chi connectivity index (χ0v) is 15.1. The number of carbonyl (C=O) groups excluding carboxylic acids is 1. The van der Waals surface area contributed by atoms with Gasteiger partial charge in [-0.3, -0.25) is 9.78 Å². The van der Waals surface area contributed by atoms with Gasteiger partial charge in [-0.05, 0) is 48.7 Å². The number of nitrogens with zero attached hydrogens (tertiary/aromatic N) is 2. The molecule has 1 aromatic carbocycles. The Morgan fingerprint density at radius 1 is 1.12 bits per heavy atom. The van der Waals surface area contributed by atoms with E-state index in [0.29, 0.717) is 5.39 Å². The highest BCUT2D eigenvalue weighted by Crippen LogP contribution is 2.23. The molecule has 0 aliphatic rings. The van der Waals surface area contributed by atoms with Gasteiger partial charge in [-0.2, -0.15) is 0 Å². The quantitative estimate of drug-likeness (QED) is 0.630. The van der Waals surface area contributed by atoms with E-state index in [1.807, 2.05) is 28.8 Å². The van der Waals surface area contributed by atoms with Crippen LogP contribution in [0.25, 0.3) is 22.0 Å². The SMILES string of the molecule is CCCCn1cc(C(=O)OCC)c(=O)c2ccc(-c3ccncc3)cc21. The lowest BCUT2D eigenvalue weighted by molar-refractivity contribution is 0.0524. The Morgan fingerprint density at radius 3 is 2.58 bits per heavy atom. The summed E-state index contributed by atoms with van der Waals surface area (Å²) in [5.74, 6) is -0.567. The van der Waals surface area contributed by atoms with Crippen molar-refractivity contribution in [2.24, 2.45) is 0 Å². The average Bonchev–Trinajstić information content (AvgIpc) is 2.68. The molecule has 0 aliphatic carbocycles. The third-order valence-electron chi connectivity index (χ3n) is 4.34. The zero-order valence-electron chi connectivity index (χ0n) is 15.1. The van der Waals surface area contributed by atoms with Crippen molar-refractivity contribution < 1.29 is 9.53 Å². The fourth-order valence-electron chi connectivity index (χ4n) is 2.98. The van der Waals surface area contributed by atoms with Gasteiger partial charge in [0.15, 0.2) is 0 Å². The van der Waals surface area contributed by atoms with Crippen molar-refractivity contribution in [3.05, 3.63) is 64.7 Å². The van der Waals surface area contributed by atoms with E-state index in [1.165, 1.54) is 0 Å². The Hall–Kier alpha value is -2.95. The summed E-state index contributed by atoms with van der Waals surface area (Å²) in [5, 5.41) is 0.532. The lowest BCUT2D eigenvalue weighted by Gasteiger charge is -2.14. The minimum Gasteiger partial charge on any atom is -0.462 e. The number of hydrogen-bond donors (Lipinski definition) is 0. The Bertz CT molecular complexity index is 978. The van der Waals surface area contributed by atoms with Gasteiger partial charge in [0.1, 0.15) is 5.56 Å². The summed E-state index contributed by atoms with van der Waals surface area (Å²) in [6.45, 7) is 4.82. The van der Waals surface area contributed by atoms with Gasteiger partial charge in [-0.15, -0.1) is 0 Å². The van der Waals surface area contributed by atoms with Gasteiger partial charge in [0.25, 0.3) is 0 Å². The molecule has 3 aromatic rings. The number of aromatic nitrogens is 2. The maximum absolute atomic E-state index is 12.8. The molecule has 0 bridgehead atoms. The molecule has 0 unspecified atom stereocenters. The van der Waals surface area contributed by atoms with Crippen molar-refractivity contribution in [3.8, 4) is 11.1 Å². The predicted octanol–water partition coefficient (Wildman–Crippen LogP) is 4.04. The average molecular weight is 350 g/mol. The molecular weight excluding hydrogens is 328 g/mol. The van der Waals surface area contributed by atoms with Crippen LogP contribution in [0, 0.1) is 0 Å². The monoisotopic (exact) mass is 350 g/mol. The number of hydrogen-bond acceptors (Lipinski definition) is 4. The van der Waals surface area contributed by atoms with Crippen LogP contribution in [0.4, 0.5) is 0 Å². The second kappa shape index (κ2) is 7.95. The van der Waals surface area contributed by atoms with Crippen LogP contribution in [0.2, 0.25) is 0 Å². The fourth-order valence-corrected chi connectivity index (χ4v) is 2.98. The number of ether oxygens (including phenoxy) is 1. The first-order chi connectivity index (χ1) is 12.7. The normalized spacial score (nSPS) is 10.8. The fraction of sp³-hybridized carbons (Fsp3) is 0.286. The molecule has 2 heterocycles. The standard InChI is InChI=1S/C21H22N2O3/c1-3-5-12-23-14-18(21(25)26-4-2)20(24)17-7-6-16(13-19(17)23)15-8-10-22-11-9-15/h6-11,13-14H,3-5,12H2,1-2H3. The van der Waals surface area contributed by atoms with E-state index in [1.54, 1.807) is 31.6 Å². The first-order valence-electron chi connectivity index (χ1n) is 8.90. The van der Waals surface area contributed by atoms with Crippen molar-refractivity contribution in [2.45, 2.75) is 33.2 Å². The van der Waals surface area contributed by atoms with Crippen LogP contribution in [-0.4, -0.2) is 22.1 Å². The molecule has 26 heavy (non-hydrogen) atoms. The van der Waals surface area contributed by atoms with E-state index in [4.69, 9.17) is 4.74 Å². The van der Waals surface area contributed by atoms with Crippen LogP contribution in [0.15, 0.2) is 53.7 Å². The van der Waals surface area contributed by atoms with Crippen molar-refractivity contribution in [1.29, 1.82) is 0 Å². The summed E-state index contributed by atoms with van der Waals surface area (Å²) >= 11 is 0. The van der Waals surface area contributed by atoms with Gasteiger partial charge in [0.05, 0.1) is 12.1 Å². The first-order valence-corrected chi connectivity index (χ1v) is 8.90. The number of carbonyl (C=O) groups is 1. The highest BCUT2D eigenvalue weighted by molar-refractivity contribution is 5.94. The van der Waals surface area contributed by atoms with Gasteiger partial charge in [-0.1, -0.05) is 19.4 Å². The van der Waals surface area contributed by atoms with Crippen LogP contribution in [0.1, 0.15) is 37.0 Å². The van der Waals surface area contributed by atoms with Crippen LogP contribution in [-0.2, 0) is 11.3 Å². The van der Waals surface area contributed by atoms with Crippen molar-refractivity contribution >= 4 is 16.9 Å². The van der Waals surface area contributed by atoms with Crippen molar-refractivity contribution in [2.75, 3.05) is 6.61 Å². The van der Waals surface area contributed by atoms with E-state index in [0.717, 1.165) is 36.0 Å². The van der Waals surface area contributed by atoms with Crippen LogP contribution < -0.4 is 5.43 Å². The molecule has 2 aromatic heterocycles. The Balaban J connectivity index is 2.20. The third-order valence-corrected chi connectivity index (χ3v) is 4.34. The van der Waals surface area contributed by atoms with Crippen molar-refractivity contribution in [1.82, 2.24) is 9.55 Å². The largest absolute Gasteiger partial charge is 0.462 e. The van der Waals surface area contributed by atoms with Gasteiger partial charge in [-0.25, -0.2) is 4.79 Å². The second-order valence-electron chi connectivity index (χ2n) is 6.11. The summed E-state index contributed by atoms with van der Waals surface area (Å²) in [4.78, 5) is 29.0. The number of rotatable bonds is 6. The molecule has 5 heteroatoms. The molecule has 0 saturated heterocycles. The predicted molar refractivity (Wildman–Crippen MR) is 102 cm³/mol. The van der Waals surface area contributed by atoms with Gasteiger partial charge >= 0.3 is 5.97 Å². The molecule has 134 valence electrons. The maximum Gasteiger partial charge on any atom is 0.343 e. The number of benzene rings is 1. The highest BCUT2D eigenvalue weighted by atomic mass is 16.5. The molecule has 0 atom stereocenters. The number of pyridine rings is 2. The molecule has 0 spiro atoms. The third kappa shape index (κ3) is 3.52. The number of esters is 1. The van der Waals surface area contributed by atoms with E-state index in [2.05, 4.69) is 11.9 Å². The summed E-state index contributed by atoms with van der Waals surface area (Å²) in [6.07, 6.45) is 7.10. The summed E-state index contributed by atoms with van der Waals surface area (Å²) < 4.78 is 7.03. The number of unbranched alkanes of at least 4 members (excludes halogenated alkanes) is 1. The van der Waals surface area contributed by atoms with Gasteiger partial charge in [0, 0.05) is 30.5 Å². The maximum atomic E-state index is 12.8. The number of fused-ring (bicyclic) bond motifs is 1. The molecule has 0 fully saturated rings. The molecule has 0 saturated carbocycles. The van der Waals surface area contributed by atoms with Gasteiger partial charge < -0.3 is 9.30 Å². The molecule has 3 rings (SSSR count). The minimum absolute atomic E-state index is 0.0899. The Kier molecular flexibility index (Phi) is 5.46. The lowest BCUT2D eigenvalue weighted by atomic mass is 10.0. The summed E-state index contributed by atoms with van der Waals surface area (Å²) in [6, 6.07) is 9.55. The zero-order chi connectivity index (χ0) is 18.5. The van der Waals surface area contributed by atoms with Crippen molar-refractivity contribution in [3.63, 3.8) is 0 Å². The molecular formula is C21H22N2O3. The van der Waals surface area contributed by atoms with Crippen LogP contribution >= 0.6 is 0 Å². The first kappa shape index (κ1) is 17.9. The molecule has 0 radical (unpaired) electrons. The Labute approximate surface area is 152 Å². The summed E-state index contributed by atoms with van der Waals surface area (Å²) in [5.41, 5.74) is 2.67. The molecule has 0 aliphatic heterocycles. The smallest absolute Gasteiger partial charge is 0.343 e. The topological polar surface area (TPSA) is 61.2 Å². The summed E-state index contributed by atoms with van der Waals surface area (Å²) in [7, 11) is 0. The molecule has 0 N–H and O–H groups in total. The van der Waals surface area contributed by atoms with E-state index < -0.39 is 5.97 Å². The van der Waals surface area contributed by atoms with Crippen LogP contribution in [0.5, 0.6) is 0 Å². The van der Waals surface area contributed by atoms with E-state index >= 15 is 0 Å². The number of aryl methyl sites for hydroxylation is 1. The lowest BCUT2D eigenvalue weighted by Crippen LogP contribution is -2.21. The minimum atomic E-state index is -0.567. The Morgan fingerprint density at radius 2 is 1.88 bits per heavy atom. The van der Waals surface area contributed by atoms with Crippen LogP contribution in [0.3, 0.4) is 0 Å². The van der Waals surface area contributed by atoms with E-state index in [-0.39, 0.29) is 17.6 Å². The molecule has 5 nitrogen and oxygen atoms in total.